The van der Waals surface area contributed by atoms with E-state index in [-0.39, 0.29) is 0 Å². The van der Waals surface area contributed by atoms with Crippen molar-refractivity contribution in [1.29, 1.82) is 0 Å². The highest BCUT2D eigenvalue weighted by atomic mass is 14.6. The van der Waals surface area contributed by atoms with E-state index in [1.165, 1.54) is 44.9 Å². The molecule has 0 aliphatic heterocycles. The van der Waals surface area contributed by atoms with Crippen LogP contribution in [0.15, 0.2) is 11.6 Å². The van der Waals surface area contributed by atoms with Crippen molar-refractivity contribution >= 4 is 0 Å². The van der Waals surface area contributed by atoms with Crippen LogP contribution < -0.4 is 0 Å². The molecule has 0 heteroatoms. The normalized spacial score (nSPS) is 56.4. The SMILES string of the molecule is C/C=C1/CC[C@H]2[C@@H]3CC[C@H]4C[C@@H](C)CC[C@]4(C)[C@H]3CC[C@]12C. The van der Waals surface area contributed by atoms with Gasteiger partial charge >= 0.3 is 0 Å². The number of allylic oxidation sites excluding steroid dienone is 2. The summed E-state index contributed by atoms with van der Waals surface area (Å²) < 4.78 is 0. The molecule has 0 heterocycles. The van der Waals surface area contributed by atoms with Crippen LogP contribution in [0.4, 0.5) is 0 Å². The van der Waals surface area contributed by atoms with Crippen LogP contribution in [0, 0.1) is 40.4 Å². The van der Waals surface area contributed by atoms with Crippen LogP contribution in [0.3, 0.4) is 0 Å². The first-order chi connectivity index (χ1) is 10.5. The summed E-state index contributed by atoms with van der Waals surface area (Å²) in [4.78, 5) is 0. The van der Waals surface area contributed by atoms with Gasteiger partial charge in [0.15, 0.2) is 0 Å². The van der Waals surface area contributed by atoms with E-state index < -0.39 is 0 Å². The highest BCUT2D eigenvalue weighted by molar-refractivity contribution is 5.23. The Kier molecular flexibility index (Phi) is 3.55. The largest absolute Gasteiger partial charge is 0.0879 e. The van der Waals surface area contributed by atoms with Crippen LogP contribution in [-0.4, -0.2) is 0 Å². The lowest BCUT2D eigenvalue weighted by atomic mass is 9.44. The van der Waals surface area contributed by atoms with Crippen LogP contribution in [0.1, 0.15) is 85.5 Å². The lowest BCUT2D eigenvalue weighted by molar-refractivity contribution is -0.105. The molecule has 0 saturated heterocycles. The summed E-state index contributed by atoms with van der Waals surface area (Å²) in [5.41, 5.74) is 3.07. The van der Waals surface area contributed by atoms with E-state index in [4.69, 9.17) is 0 Å². The van der Waals surface area contributed by atoms with E-state index in [1.807, 2.05) is 0 Å². The smallest absolute Gasteiger partial charge is 0.00853 e. The second-order valence-electron chi connectivity index (χ2n) is 9.85. The van der Waals surface area contributed by atoms with Crippen LogP contribution in [0.5, 0.6) is 0 Å². The average molecular weight is 301 g/mol. The fraction of sp³-hybridized carbons (Fsp3) is 0.909. The van der Waals surface area contributed by atoms with Gasteiger partial charge in [-0.3, -0.25) is 0 Å². The molecular weight excluding hydrogens is 264 g/mol. The maximum Gasteiger partial charge on any atom is -0.00853 e. The third-order valence-electron chi connectivity index (χ3n) is 9.12. The zero-order chi connectivity index (χ0) is 15.5. The van der Waals surface area contributed by atoms with Crippen LogP contribution in [0.25, 0.3) is 0 Å². The number of fused-ring (bicyclic) bond motifs is 5. The Labute approximate surface area is 138 Å². The van der Waals surface area contributed by atoms with E-state index >= 15 is 0 Å². The number of rotatable bonds is 0. The van der Waals surface area contributed by atoms with Crippen molar-refractivity contribution < 1.29 is 0 Å². The van der Waals surface area contributed by atoms with Crippen molar-refractivity contribution in [3.05, 3.63) is 11.6 Å². The third-order valence-corrected chi connectivity index (χ3v) is 9.12. The molecule has 4 fully saturated rings. The Balaban J connectivity index is 1.63. The van der Waals surface area contributed by atoms with Gasteiger partial charge in [0.05, 0.1) is 0 Å². The molecule has 0 bridgehead atoms. The van der Waals surface area contributed by atoms with E-state index in [1.54, 1.807) is 18.4 Å². The fourth-order valence-corrected chi connectivity index (χ4v) is 7.79. The van der Waals surface area contributed by atoms with Gasteiger partial charge in [0, 0.05) is 0 Å². The molecule has 4 aliphatic rings. The summed E-state index contributed by atoms with van der Waals surface area (Å²) in [5.74, 6) is 5.14. The molecule has 22 heavy (non-hydrogen) atoms. The standard InChI is InChI=1S/C22H36/c1-5-16-7-9-19-18-8-6-17-14-15(2)10-12-22(17,4)20(18)11-13-21(16,19)3/h5,15,17-20H,6-14H2,1-4H3/b16-5-/t15-,17-,18-,19-,20-,21+,22-/m0/s1. The molecular formula is C22H36. The maximum absolute atomic E-state index is 2.70. The molecule has 0 unspecified atom stereocenters. The zero-order valence-electron chi connectivity index (χ0n) is 15.3. The predicted molar refractivity (Wildman–Crippen MR) is 94.6 cm³/mol. The molecule has 7 atom stereocenters. The van der Waals surface area contributed by atoms with Crippen LogP contribution >= 0.6 is 0 Å². The second kappa shape index (κ2) is 5.12. The molecule has 0 amide bonds. The molecule has 124 valence electrons. The van der Waals surface area contributed by atoms with E-state index in [2.05, 4.69) is 33.8 Å². The van der Waals surface area contributed by atoms with Crippen molar-refractivity contribution in [3.8, 4) is 0 Å². The Bertz CT molecular complexity index is 474. The minimum atomic E-state index is 0.571. The first kappa shape index (κ1) is 15.3. The molecule has 0 spiro atoms. The molecule has 0 aromatic rings. The third kappa shape index (κ3) is 1.94. The van der Waals surface area contributed by atoms with E-state index in [9.17, 15) is 0 Å². The predicted octanol–water partition coefficient (Wildman–Crippen LogP) is 6.61. The maximum atomic E-state index is 2.70. The topological polar surface area (TPSA) is 0 Å². The van der Waals surface area contributed by atoms with Gasteiger partial charge in [0.25, 0.3) is 0 Å². The second-order valence-corrected chi connectivity index (χ2v) is 9.85. The lowest BCUT2D eigenvalue weighted by Crippen LogP contribution is -2.52. The molecule has 0 aromatic heterocycles. The number of hydrogen-bond donors (Lipinski definition) is 0. The molecule has 4 saturated carbocycles. The highest BCUT2D eigenvalue weighted by Gasteiger charge is 2.58. The van der Waals surface area contributed by atoms with Gasteiger partial charge in [-0.1, -0.05) is 38.8 Å². The minimum absolute atomic E-state index is 0.571. The molecule has 0 radical (unpaired) electrons. The van der Waals surface area contributed by atoms with Crippen molar-refractivity contribution in [3.63, 3.8) is 0 Å². The summed E-state index contributed by atoms with van der Waals surface area (Å²) >= 11 is 0. The van der Waals surface area contributed by atoms with Crippen LogP contribution in [-0.2, 0) is 0 Å². The Morgan fingerprint density at radius 2 is 1.77 bits per heavy atom. The fourth-order valence-electron chi connectivity index (χ4n) is 7.79. The first-order valence-corrected chi connectivity index (χ1v) is 10.1. The van der Waals surface area contributed by atoms with Crippen molar-refractivity contribution in [2.45, 2.75) is 85.5 Å². The quantitative estimate of drug-likeness (QED) is 0.441. The zero-order valence-corrected chi connectivity index (χ0v) is 15.3. The molecule has 0 N–H and O–H groups in total. The van der Waals surface area contributed by atoms with Crippen molar-refractivity contribution in [2.24, 2.45) is 40.4 Å². The van der Waals surface area contributed by atoms with E-state index in [0.29, 0.717) is 10.8 Å². The van der Waals surface area contributed by atoms with E-state index in [0.717, 1.165) is 29.6 Å². The van der Waals surface area contributed by atoms with Gasteiger partial charge in [0.1, 0.15) is 0 Å². The molecule has 4 aliphatic carbocycles. The van der Waals surface area contributed by atoms with Crippen molar-refractivity contribution in [2.75, 3.05) is 0 Å². The highest BCUT2D eigenvalue weighted by Crippen LogP contribution is 2.67. The summed E-state index contributed by atoms with van der Waals surface area (Å²) in [7, 11) is 0. The molecule has 4 rings (SSSR count). The van der Waals surface area contributed by atoms with Crippen LogP contribution in [0.2, 0.25) is 0 Å². The first-order valence-electron chi connectivity index (χ1n) is 10.1. The van der Waals surface area contributed by atoms with Gasteiger partial charge in [-0.15, -0.1) is 0 Å². The summed E-state index contributed by atoms with van der Waals surface area (Å²) in [6.07, 6.45) is 16.0. The van der Waals surface area contributed by atoms with Gasteiger partial charge < -0.3 is 0 Å². The Morgan fingerprint density at radius 1 is 0.955 bits per heavy atom. The van der Waals surface area contributed by atoms with Gasteiger partial charge in [0.2, 0.25) is 0 Å². The Morgan fingerprint density at radius 3 is 2.55 bits per heavy atom. The van der Waals surface area contributed by atoms with Crippen molar-refractivity contribution in [1.82, 2.24) is 0 Å². The summed E-state index contributed by atoms with van der Waals surface area (Å²) in [6, 6.07) is 0. The molecule has 0 nitrogen and oxygen atoms in total. The van der Waals surface area contributed by atoms with Gasteiger partial charge in [-0.2, -0.15) is 0 Å². The van der Waals surface area contributed by atoms with Gasteiger partial charge in [-0.05, 0) is 98.7 Å². The average Bonchev–Trinajstić information content (AvgIpc) is 2.84. The summed E-state index contributed by atoms with van der Waals surface area (Å²) in [5, 5.41) is 0. The summed E-state index contributed by atoms with van der Waals surface area (Å²) in [6.45, 7) is 10.1. The monoisotopic (exact) mass is 300 g/mol. The molecule has 0 aromatic carbocycles. The minimum Gasteiger partial charge on any atom is -0.0879 e. The van der Waals surface area contributed by atoms with Gasteiger partial charge in [-0.25, -0.2) is 0 Å². The lowest BCUT2D eigenvalue weighted by Gasteiger charge is -2.60. The number of hydrogen-bond acceptors (Lipinski definition) is 0. The Hall–Kier alpha value is -0.260.